The molecule has 0 saturated heterocycles. The first-order chi connectivity index (χ1) is 7.93. The van der Waals surface area contributed by atoms with Crippen LogP contribution in [-0.2, 0) is 0 Å². The average Bonchev–Trinajstić information content (AvgIpc) is 2.36. The molecule has 0 N–H and O–H groups in total. The van der Waals surface area contributed by atoms with Gasteiger partial charge in [-0.05, 0) is 39.7 Å². The zero-order valence-electron chi connectivity index (χ0n) is 8.57. The molecule has 0 atom stereocenters. The van der Waals surface area contributed by atoms with E-state index in [9.17, 15) is 0 Å². The van der Waals surface area contributed by atoms with Crippen LogP contribution in [0.5, 0.6) is 0 Å². The topological polar surface area (TPSA) is 12.9 Å². The smallest absolute Gasteiger partial charge is 0.0714 e. The van der Waals surface area contributed by atoms with Gasteiger partial charge in [0.25, 0.3) is 0 Å². The summed E-state index contributed by atoms with van der Waals surface area (Å²) < 4.78 is 0. The lowest BCUT2D eigenvalue weighted by Crippen LogP contribution is -1.85. The molecule has 0 saturated carbocycles. The molecule has 4 rings (SSSR count). The minimum absolute atomic E-state index is 1.07. The van der Waals surface area contributed by atoms with Crippen LogP contribution in [-0.4, -0.2) is 4.98 Å². The van der Waals surface area contributed by atoms with Gasteiger partial charge in [0.05, 0.1) is 5.52 Å². The Morgan fingerprint density at radius 1 is 0.812 bits per heavy atom. The van der Waals surface area contributed by atoms with Gasteiger partial charge in [-0.1, -0.05) is 30.3 Å². The molecule has 0 fully saturated rings. The van der Waals surface area contributed by atoms with E-state index < -0.39 is 0 Å². The summed E-state index contributed by atoms with van der Waals surface area (Å²) in [6, 6.07) is 17.9. The highest BCUT2D eigenvalue weighted by molar-refractivity contribution is 6.21. The molecule has 3 aromatic carbocycles. The number of rotatable bonds is 0. The molecule has 1 nitrogen and oxygen atoms in total. The van der Waals surface area contributed by atoms with Crippen LogP contribution in [0, 0.1) is 6.07 Å². The van der Waals surface area contributed by atoms with Crippen molar-refractivity contribution in [3.05, 3.63) is 54.7 Å². The third kappa shape index (κ3) is 0.878. The summed E-state index contributed by atoms with van der Waals surface area (Å²) in [7, 11) is 0. The lowest BCUT2D eigenvalue weighted by atomic mass is 9.97. The Morgan fingerprint density at radius 2 is 1.69 bits per heavy atom. The third-order valence-corrected chi connectivity index (χ3v) is 3.17. The number of nitrogens with zero attached hydrogens (tertiary/aromatic N) is 1. The van der Waals surface area contributed by atoms with Crippen molar-refractivity contribution < 1.29 is 0 Å². The van der Waals surface area contributed by atoms with Crippen LogP contribution in [0.15, 0.2) is 48.7 Å². The number of hydrogen-bond acceptors (Lipinski definition) is 1. The molecule has 0 bridgehead atoms. The Bertz CT molecular complexity index is 672. The van der Waals surface area contributed by atoms with Crippen molar-refractivity contribution in [2.45, 2.75) is 0 Å². The SMILES string of the molecule is [c]1ccc2ccc3ccnc4ccc1c2c34. The summed E-state index contributed by atoms with van der Waals surface area (Å²) in [6.45, 7) is 0. The van der Waals surface area contributed by atoms with E-state index in [1.54, 1.807) is 0 Å². The van der Waals surface area contributed by atoms with Crippen LogP contribution >= 0.6 is 0 Å². The first-order valence-corrected chi connectivity index (χ1v) is 5.34. The molecule has 0 amide bonds. The lowest BCUT2D eigenvalue weighted by molar-refractivity contribution is 1.43. The van der Waals surface area contributed by atoms with Gasteiger partial charge in [-0.2, -0.15) is 0 Å². The minimum Gasteiger partial charge on any atom is -0.256 e. The molecule has 1 heterocycles. The molecule has 4 aromatic rings. The van der Waals surface area contributed by atoms with Crippen LogP contribution in [0.2, 0.25) is 0 Å². The highest BCUT2D eigenvalue weighted by Gasteiger charge is 2.07. The van der Waals surface area contributed by atoms with Crippen LogP contribution < -0.4 is 0 Å². The molecule has 0 unspecified atom stereocenters. The summed E-state index contributed by atoms with van der Waals surface area (Å²) in [5, 5.41) is 6.23. The van der Waals surface area contributed by atoms with Gasteiger partial charge >= 0.3 is 0 Å². The molecule has 16 heavy (non-hydrogen) atoms. The summed E-state index contributed by atoms with van der Waals surface area (Å²) in [6.07, 6.45) is 1.87. The predicted octanol–water partition coefficient (Wildman–Crippen LogP) is 3.78. The van der Waals surface area contributed by atoms with Crippen molar-refractivity contribution in [2.24, 2.45) is 0 Å². The van der Waals surface area contributed by atoms with Crippen molar-refractivity contribution in [2.75, 3.05) is 0 Å². The fourth-order valence-electron chi connectivity index (χ4n) is 2.45. The second-order valence-electron chi connectivity index (χ2n) is 4.05. The molecule has 1 radical (unpaired) electrons. The Morgan fingerprint density at radius 3 is 2.62 bits per heavy atom. The highest BCUT2D eigenvalue weighted by Crippen LogP contribution is 2.32. The maximum absolute atomic E-state index is 4.42. The first kappa shape index (κ1) is 8.05. The molecule has 0 spiro atoms. The number of aromatic nitrogens is 1. The average molecular weight is 202 g/mol. The van der Waals surface area contributed by atoms with Crippen molar-refractivity contribution in [3.8, 4) is 0 Å². The molecule has 0 aliphatic heterocycles. The van der Waals surface area contributed by atoms with Crippen LogP contribution in [0.3, 0.4) is 0 Å². The van der Waals surface area contributed by atoms with E-state index in [-0.39, 0.29) is 0 Å². The monoisotopic (exact) mass is 202 g/mol. The largest absolute Gasteiger partial charge is 0.256 e. The number of pyridine rings is 1. The first-order valence-electron chi connectivity index (χ1n) is 5.34. The van der Waals surface area contributed by atoms with Gasteiger partial charge in [-0.3, -0.25) is 4.98 Å². The number of hydrogen-bond donors (Lipinski definition) is 0. The third-order valence-electron chi connectivity index (χ3n) is 3.17. The molecule has 1 heteroatoms. The van der Waals surface area contributed by atoms with Crippen molar-refractivity contribution >= 4 is 32.4 Å². The van der Waals surface area contributed by atoms with Gasteiger partial charge in [0.15, 0.2) is 0 Å². The lowest BCUT2D eigenvalue weighted by Gasteiger charge is -2.08. The molecule has 0 aliphatic rings. The maximum atomic E-state index is 4.42. The number of benzene rings is 3. The second-order valence-corrected chi connectivity index (χ2v) is 4.05. The molecular weight excluding hydrogens is 194 g/mol. The van der Waals surface area contributed by atoms with E-state index in [1.165, 1.54) is 26.9 Å². The van der Waals surface area contributed by atoms with E-state index >= 15 is 0 Å². The zero-order chi connectivity index (χ0) is 10.5. The Kier molecular flexibility index (Phi) is 1.36. The van der Waals surface area contributed by atoms with E-state index in [2.05, 4.69) is 47.4 Å². The van der Waals surface area contributed by atoms with Gasteiger partial charge in [-0.25, -0.2) is 0 Å². The van der Waals surface area contributed by atoms with Crippen LogP contribution in [0.1, 0.15) is 0 Å². The summed E-state index contributed by atoms with van der Waals surface area (Å²) in [5.74, 6) is 0. The van der Waals surface area contributed by atoms with Crippen molar-refractivity contribution in [1.82, 2.24) is 4.98 Å². The van der Waals surface area contributed by atoms with E-state index in [0.29, 0.717) is 0 Å². The van der Waals surface area contributed by atoms with E-state index in [0.717, 1.165) is 5.52 Å². The Hall–Kier alpha value is -2.15. The Balaban J connectivity index is 2.51. The van der Waals surface area contributed by atoms with Crippen LogP contribution in [0.25, 0.3) is 32.4 Å². The standard InChI is InChI=1S/C15H8N/c1-2-10-4-5-12-8-9-16-13-7-6-11(3-1)14(10)15(12)13/h1-2,4-9H. The molecular formula is C15H8N. The molecule has 0 aliphatic carbocycles. The fraction of sp³-hybridized carbons (Fsp3) is 0. The van der Waals surface area contributed by atoms with Crippen molar-refractivity contribution in [1.29, 1.82) is 0 Å². The minimum atomic E-state index is 1.07. The van der Waals surface area contributed by atoms with Gasteiger partial charge in [0, 0.05) is 11.6 Å². The molecule has 1 aromatic heterocycles. The van der Waals surface area contributed by atoms with E-state index in [4.69, 9.17) is 0 Å². The molecule has 73 valence electrons. The summed E-state index contributed by atoms with van der Waals surface area (Å²) >= 11 is 0. The fourth-order valence-corrected chi connectivity index (χ4v) is 2.45. The van der Waals surface area contributed by atoms with Gasteiger partial charge in [0.2, 0.25) is 0 Å². The second kappa shape index (κ2) is 2.70. The van der Waals surface area contributed by atoms with Gasteiger partial charge < -0.3 is 0 Å². The van der Waals surface area contributed by atoms with Gasteiger partial charge in [0.1, 0.15) is 0 Å². The Labute approximate surface area is 92.7 Å². The van der Waals surface area contributed by atoms with E-state index in [1.807, 2.05) is 12.3 Å². The highest BCUT2D eigenvalue weighted by atomic mass is 14.6. The van der Waals surface area contributed by atoms with Crippen LogP contribution in [0.4, 0.5) is 0 Å². The summed E-state index contributed by atoms with van der Waals surface area (Å²) in [5.41, 5.74) is 1.07. The predicted molar refractivity (Wildman–Crippen MR) is 66.8 cm³/mol. The zero-order valence-corrected chi connectivity index (χ0v) is 8.57. The maximum Gasteiger partial charge on any atom is 0.0714 e. The van der Waals surface area contributed by atoms with Gasteiger partial charge in [-0.15, -0.1) is 0 Å². The van der Waals surface area contributed by atoms with Crippen molar-refractivity contribution in [3.63, 3.8) is 0 Å². The normalized spacial score (nSPS) is 11.8. The summed E-state index contributed by atoms with van der Waals surface area (Å²) in [4.78, 5) is 4.42. The quantitative estimate of drug-likeness (QED) is 0.395.